The van der Waals surface area contributed by atoms with E-state index >= 15 is 0 Å². The fourth-order valence-electron chi connectivity index (χ4n) is 2.08. The molecule has 0 saturated carbocycles. The van der Waals surface area contributed by atoms with E-state index in [1.165, 1.54) is 6.92 Å². The molecule has 2 unspecified atom stereocenters. The first-order valence-electron chi connectivity index (χ1n) is 7.63. The van der Waals surface area contributed by atoms with Crippen LogP contribution in [0.5, 0.6) is 0 Å². The molecule has 5 nitrogen and oxygen atoms in total. The van der Waals surface area contributed by atoms with Gasteiger partial charge in [0.1, 0.15) is 5.78 Å². The Balaban J connectivity index is 2.57. The van der Waals surface area contributed by atoms with E-state index in [1.54, 1.807) is 13.1 Å². The van der Waals surface area contributed by atoms with Gasteiger partial charge in [-0.3, -0.25) is 19.4 Å². The third-order valence-corrected chi connectivity index (χ3v) is 3.55. The highest BCUT2D eigenvalue weighted by Crippen LogP contribution is 2.15. The molecule has 0 amide bonds. The molecule has 5 heteroatoms. The van der Waals surface area contributed by atoms with Crippen LogP contribution in [0.15, 0.2) is 29.3 Å². The first-order chi connectivity index (χ1) is 10.8. The molecule has 1 N–H and O–H groups in total. The van der Waals surface area contributed by atoms with Crippen LogP contribution in [0, 0.1) is 11.8 Å². The summed E-state index contributed by atoms with van der Waals surface area (Å²) in [6, 6.07) is 7.60. The number of aliphatic carboxylic acids is 1. The van der Waals surface area contributed by atoms with E-state index in [0.717, 1.165) is 11.1 Å². The quantitative estimate of drug-likeness (QED) is 0.709. The highest BCUT2D eigenvalue weighted by Gasteiger charge is 2.20. The summed E-state index contributed by atoms with van der Waals surface area (Å²) in [7, 11) is 0. The fourth-order valence-corrected chi connectivity index (χ4v) is 2.08. The van der Waals surface area contributed by atoms with Crippen LogP contribution < -0.4 is 0 Å². The van der Waals surface area contributed by atoms with Gasteiger partial charge < -0.3 is 5.11 Å². The lowest BCUT2D eigenvalue weighted by Gasteiger charge is -2.12. The van der Waals surface area contributed by atoms with Crippen LogP contribution in [0.3, 0.4) is 0 Å². The van der Waals surface area contributed by atoms with Crippen molar-refractivity contribution >= 4 is 23.8 Å². The number of benzene rings is 1. The second-order valence-corrected chi connectivity index (χ2v) is 5.93. The summed E-state index contributed by atoms with van der Waals surface area (Å²) in [5.41, 5.74) is 1.91. The molecule has 23 heavy (non-hydrogen) atoms. The average molecular weight is 317 g/mol. The Hall–Kier alpha value is -2.30. The van der Waals surface area contributed by atoms with Gasteiger partial charge in [0, 0.05) is 18.6 Å². The summed E-state index contributed by atoms with van der Waals surface area (Å²) in [6.45, 7) is 5.03. The van der Waals surface area contributed by atoms with E-state index in [9.17, 15) is 14.4 Å². The predicted octanol–water partition coefficient (Wildman–Crippen LogP) is 2.55. The standard InChI is InChI=1S/C18H23NO4/c1-12(17(21)9-13(2)18(22)23)8-15-4-6-16(7-5-15)11-19-10-14(3)20/h4-7,11-13H,8-10H2,1-3H3,(H,22,23). The van der Waals surface area contributed by atoms with Crippen LogP contribution in [0.1, 0.15) is 38.3 Å². The molecule has 0 radical (unpaired) electrons. The Kier molecular flexibility index (Phi) is 7.32. The van der Waals surface area contributed by atoms with Gasteiger partial charge in [0.05, 0.1) is 12.5 Å². The molecule has 0 bridgehead atoms. The lowest BCUT2D eigenvalue weighted by atomic mass is 9.91. The number of nitrogens with zero attached hydrogens (tertiary/aromatic N) is 1. The highest BCUT2D eigenvalue weighted by atomic mass is 16.4. The Morgan fingerprint density at radius 1 is 1.13 bits per heavy atom. The minimum absolute atomic E-state index is 0.0146. The first kappa shape index (κ1) is 18.7. The molecular formula is C18H23NO4. The molecule has 0 fully saturated rings. The third kappa shape index (κ3) is 7.00. The minimum Gasteiger partial charge on any atom is -0.481 e. The molecule has 0 saturated heterocycles. The number of hydrogen-bond donors (Lipinski definition) is 1. The maximum Gasteiger partial charge on any atom is 0.306 e. The summed E-state index contributed by atoms with van der Waals surface area (Å²) < 4.78 is 0. The summed E-state index contributed by atoms with van der Waals surface area (Å²) in [6.07, 6.45) is 2.29. The number of carbonyl (C=O) groups is 3. The number of Topliss-reactive ketones (excluding diaryl/α,β-unsaturated/α-hetero) is 2. The molecule has 124 valence electrons. The van der Waals surface area contributed by atoms with Gasteiger partial charge in [-0.05, 0) is 24.5 Å². The van der Waals surface area contributed by atoms with Crippen molar-refractivity contribution in [3.8, 4) is 0 Å². The van der Waals surface area contributed by atoms with E-state index < -0.39 is 11.9 Å². The second kappa shape index (κ2) is 8.98. The molecule has 0 aliphatic heterocycles. The van der Waals surface area contributed by atoms with Crippen LogP contribution in [-0.4, -0.2) is 35.4 Å². The summed E-state index contributed by atoms with van der Waals surface area (Å²) in [5, 5.41) is 8.85. The van der Waals surface area contributed by atoms with Crippen molar-refractivity contribution in [2.24, 2.45) is 16.8 Å². The number of carboxylic acids is 1. The van der Waals surface area contributed by atoms with Crippen LogP contribution in [0.4, 0.5) is 0 Å². The fraction of sp³-hybridized carbons (Fsp3) is 0.444. The van der Waals surface area contributed by atoms with Gasteiger partial charge in [0.25, 0.3) is 0 Å². The van der Waals surface area contributed by atoms with Gasteiger partial charge in [-0.25, -0.2) is 0 Å². The predicted molar refractivity (Wildman–Crippen MR) is 88.9 cm³/mol. The van der Waals surface area contributed by atoms with Crippen molar-refractivity contribution in [2.45, 2.75) is 33.6 Å². The van der Waals surface area contributed by atoms with Crippen molar-refractivity contribution < 1.29 is 19.5 Å². The maximum absolute atomic E-state index is 12.0. The maximum atomic E-state index is 12.0. The molecule has 1 aromatic carbocycles. The Morgan fingerprint density at radius 2 is 1.74 bits per heavy atom. The molecule has 2 atom stereocenters. The number of carboxylic acid groups (broad SMARTS) is 1. The molecule has 0 aliphatic carbocycles. The minimum atomic E-state index is -0.945. The molecule has 1 aromatic rings. The number of carbonyl (C=O) groups excluding carboxylic acids is 2. The summed E-state index contributed by atoms with van der Waals surface area (Å²) in [5.74, 6) is -1.83. The zero-order valence-corrected chi connectivity index (χ0v) is 13.8. The number of aliphatic imine (C=N–C) groups is 1. The van der Waals surface area contributed by atoms with Crippen LogP contribution in [0.2, 0.25) is 0 Å². The summed E-state index contributed by atoms with van der Waals surface area (Å²) in [4.78, 5) is 37.6. The largest absolute Gasteiger partial charge is 0.481 e. The Morgan fingerprint density at radius 3 is 2.26 bits per heavy atom. The van der Waals surface area contributed by atoms with Crippen LogP contribution in [0.25, 0.3) is 0 Å². The lowest BCUT2D eigenvalue weighted by molar-refractivity contribution is -0.143. The van der Waals surface area contributed by atoms with E-state index in [2.05, 4.69) is 4.99 Å². The number of rotatable bonds is 9. The zero-order chi connectivity index (χ0) is 17.4. The zero-order valence-electron chi connectivity index (χ0n) is 13.8. The van der Waals surface area contributed by atoms with Crippen LogP contribution in [-0.2, 0) is 20.8 Å². The van der Waals surface area contributed by atoms with Crippen molar-refractivity contribution in [3.63, 3.8) is 0 Å². The van der Waals surface area contributed by atoms with Gasteiger partial charge in [0.2, 0.25) is 0 Å². The van der Waals surface area contributed by atoms with Gasteiger partial charge in [-0.15, -0.1) is 0 Å². The first-order valence-corrected chi connectivity index (χ1v) is 7.63. The van der Waals surface area contributed by atoms with Crippen molar-refractivity contribution in [1.29, 1.82) is 0 Å². The SMILES string of the molecule is CC(=O)CN=Cc1ccc(CC(C)C(=O)CC(C)C(=O)O)cc1. The van der Waals surface area contributed by atoms with Gasteiger partial charge in [-0.1, -0.05) is 38.1 Å². The third-order valence-electron chi connectivity index (χ3n) is 3.55. The van der Waals surface area contributed by atoms with E-state index in [0.29, 0.717) is 6.42 Å². The molecular weight excluding hydrogens is 294 g/mol. The van der Waals surface area contributed by atoms with Crippen molar-refractivity contribution in [2.75, 3.05) is 6.54 Å². The highest BCUT2D eigenvalue weighted by molar-refractivity contribution is 5.85. The molecule has 0 aliphatic rings. The Labute approximate surface area is 136 Å². The molecule has 0 aromatic heterocycles. The number of ketones is 2. The van der Waals surface area contributed by atoms with E-state index in [-0.39, 0.29) is 30.4 Å². The van der Waals surface area contributed by atoms with Crippen molar-refractivity contribution in [3.05, 3.63) is 35.4 Å². The van der Waals surface area contributed by atoms with Gasteiger partial charge in [0.15, 0.2) is 5.78 Å². The lowest BCUT2D eigenvalue weighted by Crippen LogP contribution is -2.20. The van der Waals surface area contributed by atoms with E-state index in [1.807, 2.05) is 31.2 Å². The monoisotopic (exact) mass is 317 g/mol. The van der Waals surface area contributed by atoms with E-state index in [4.69, 9.17) is 5.11 Å². The average Bonchev–Trinajstić information content (AvgIpc) is 2.48. The summed E-state index contributed by atoms with van der Waals surface area (Å²) >= 11 is 0. The van der Waals surface area contributed by atoms with Gasteiger partial charge >= 0.3 is 5.97 Å². The smallest absolute Gasteiger partial charge is 0.306 e. The van der Waals surface area contributed by atoms with Crippen molar-refractivity contribution in [1.82, 2.24) is 0 Å². The topological polar surface area (TPSA) is 83.8 Å². The second-order valence-electron chi connectivity index (χ2n) is 5.93. The van der Waals surface area contributed by atoms with Gasteiger partial charge in [-0.2, -0.15) is 0 Å². The normalized spacial score (nSPS) is 13.7. The van der Waals surface area contributed by atoms with Crippen LogP contribution >= 0.6 is 0 Å². The number of hydrogen-bond acceptors (Lipinski definition) is 4. The molecule has 0 spiro atoms. The Bertz CT molecular complexity index is 590. The molecule has 1 rings (SSSR count). The molecule has 0 heterocycles.